The second-order valence-corrected chi connectivity index (χ2v) is 2.70. The number of hydrogen-bond acceptors (Lipinski definition) is 4. The first-order chi connectivity index (χ1) is 5.70. The van der Waals surface area contributed by atoms with Crippen LogP contribution in [0.1, 0.15) is 6.92 Å². The molecule has 0 amide bonds. The second kappa shape index (κ2) is 4.06. The Hall–Kier alpha value is -1.10. The highest BCUT2D eigenvalue weighted by Gasteiger charge is 2.02. The zero-order chi connectivity index (χ0) is 8.97. The van der Waals surface area contributed by atoms with Crippen LogP contribution in [0.15, 0.2) is 22.9 Å². The molecule has 0 radical (unpaired) electrons. The van der Waals surface area contributed by atoms with Crippen LogP contribution >= 0.6 is 15.9 Å². The molecule has 0 aliphatic carbocycles. The molecule has 64 valence electrons. The lowest BCUT2D eigenvalue weighted by Crippen LogP contribution is -2.03. The Morgan fingerprint density at radius 1 is 1.67 bits per heavy atom. The van der Waals surface area contributed by atoms with E-state index in [-0.39, 0.29) is 0 Å². The van der Waals surface area contributed by atoms with Crippen LogP contribution in [0.4, 0.5) is 0 Å². The van der Waals surface area contributed by atoms with Gasteiger partial charge in [-0.1, -0.05) is 0 Å². The van der Waals surface area contributed by atoms with Crippen molar-refractivity contribution in [2.45, 2.75) is 6.92 Å². The summed E-state index contributed by atoms with van der Waals surface area (Å²) in [5.41, 5.74) is 0. The van der Waals surface area contributed by atoms with Gasteiger partial charge in [0.05, 0.1) is 0 Å². The molecule has 0 fully saturated rings. The van der Waals surface area contributed by atoms with Crippen LogP contribution in [0, 0.1) is 0 Å². The molecule has 0 aromatic carbocycles. The van der Waals surface area contributed by atoms with Gasteiger partial charge >= 0.3 is 5.97 Å². The molecule has 0 aliphatic rings. The topological polar surface area (TPSA) is 48.4 Å². The van der Waals surface area contributed by atoms with E-state index >= 15 is 0 Å². The molecular weight excluding hydrogens is 226 g/mol. The molecule has 0 N–H and O–H groups in total. The van der Waals surface area contributed by atoms with E-state index in [2.05, 4.69) is 30.7 Å². The van der Waals surface area contributed by atoms with Gasteiger partial charge in [0.25, 0.3) is 0 Å². The van der Waals surface area contributed by atoms with E-state index in [1.165, 1.54) is 6.92 Å². The number of hydrogen-bond donors (Lipinski definition) is 0. The molecule has 0 bridgehead atoms. The molecule has 12 heavy (non-hydrogen) atoms. The number of rotatable bonds is 2. The number of pyridine rings is 1. The van der Waals surface area contributed by atoms with E-state index in [0.717, 1.165) is 0 Å². The van der Waals surface area contributed by atoms with Crippen LogP contribution in [0.5, 0.6) is 5.75 Å². The van der Waals surface area contributed by atoms with Gasteiger partial charge in [-0.2, -0.15) is 0 Å². The van der Waals surface area contributed by atoms with Crippen LogP contribution in [0.2, 0.25) is 0 Å². The molecule has 4 nitrogen and oxygen atoms in total. The molecule has 5 heteroatoms. The Labute approximate surface area is 77.6 Å². The van der Waals surface area contributed by atoms with Gasteiger partial charge in [-0.05, 0) is 28.1 Å². The highest BCUT2D eigenvalue weighted by molar-refractivity contribution is 9.10. The average molecular weight is 232 g/mol. The van der Waals surface area contributed by atoms with E-state index in [4.69, 9.17) is 0 Å². The lowest BCUT2D eigenvalue weighted by Gasteiger charge is -2.01. The average Bonchev–Trinajstić information content (AvgIpc) is 2.03. The second-order valence-electron chi connectivity index (χ2n) is 1.95. The lowest BCUT2D eigenvalue weighted by atomic mass is 10.5. The largest absolute Gasteiger partial charge is 0.352 e. The quantitative estimate of drug-likeness (QED) is 0.442. The van der Waals surface area contributed by atoms with E-state index in [1.54, 1.807) is 18.3 Å². The van der Waals surface area contributed by atoms with Crippen molar-refractivity contribution in [3.8, 4) is 5.75 Å². The van der Waals surface area contributed by atoms with E-state index in [1.807, 2.05) is 0 Å². The van der Waals surface area contributed by atoms with E-state index < -0.39 is 5.97 Å². The summed E-state index contributed by atoms with van der Waals surface area (Å²) in [4.78, 5) is 23.1. The van der Waals surface area contributed by atoms with Gasteiger partial charge in [0.2, 0.25) is 5.75 Å². The number of carbonyl (C=O) groups excluding carboxylic acids is 1. The Morgan fingerprint density at radius 3 is 3.00 bits per heavy atom. The Bertz CT molecular complexity index is 290. The fourth-order valence-electron chi connectivity index (χ4n) is 0.537. The molecule has 1 heterocycles. The smallest absolute Gasteiger partial charge is 0.284 e. The number of nitrogens with zero attached hydrogens (tertiary/aromatic N) is 1. The van der Waals surface area contributed by atoms with Gasteiger partial charge in [-0.25, -0.2) is 9.78 Å². The maximum atomic E-state index is 10.3. The normalized spacial score (nSPS) is 9.17. The Kier molecular flexibility index (Phi) is 3.04. The van der Waals surface area contributed by atoms with Crippen molar-refractivity contribution in [1.29, 1.82) is 0 Å². The van der Waals surface area contributed by atoms with Crippen LogP contribution in [-0.4, -0.2) is 11.0 Å². The lowest BCUT2D eigenvalue weighted by molar-refractivity contribution is -0.211. The van der Waals surface area contributed by atoms with Crippen molar-refractivity contribution >= 4 is 21.9 Å². The SMILES string of the molecule is CC(=O)OOc1cccnc1Br. The first kappa shape index (κ1) is 8.99. The summed E-state index contributed by atoms with van der Waals surface area (Å²) in [6, 6.07) is 3.30. The summed E-state index contributed by atoms with van der Waals surface area (Å²) in [7, 11) is 0. The maximum absolute atomic E-state index is 10.3. The van der Waals surface area contributed by atoms with Crippen LogP contribution in [0.3, 0.4) is 0 Å². The minimum absolute atomic E-state index is 0.368. The third-order valence-electron chi connectivity index (χ3n) is 0.974. The Balaban J connectivity index is 2.63. The summed E-state index contributed by atoms with van der Waals surface area (Å²) in [5, 5.41) is 0. The monoisotopic (exact) mass is 231 g/mol. The molecule has 0 spiro atoms. The molecule has 1 rings (SSSR count). The van der Waals surface area contributed by atoms with Gasteiger partial charge in [0, 0.05) is 13.1 Å². The maximum Gasteiger partial charge on any atom is 0.352 e. The third kappa shape index (κ3) is 2.50. The molecule has 0 atom stereocenters. The molecule has 1 aromatic heterocycles. The first-order valence-corrected chi connectivity index (χ1v) is 3.95. The van der Waals surface area contributed by atoms with E-state index in [0.29, 0.717) is 10.4 Å². The molecule has 0 unspecified atom stereocenters. The number of aromatic nitrogens is 1. The predicted molar refractivity (Wildman–Crippen MR) is 44.3 cm³/mol. The highest BCUT2D eigenvalue weighted by Crippen LogP contribution is 2.20. The van der Waals surface area contributed by atoms with Crippen LogP contribution in [0.25, 0.3) is 0 Å². The summed E-state index contributed by atoms with van der Waals surface area (Å²) in [5.74, 6) is -0.140. The van der Waals surface area contributed by atoms with Crippen molar-refractivity contribution < 1.29 is 14.6 Å². The summed E-state index contributed by atoms with van der Waals surface area (Å²) >= 11 is 3.12. The standard InChI is InChI=1S/C7H6BrNO3/c1-5(10)11-12-6-3-2-4-9-7(6)8/h2-4H,1H3. The van der Waals surface area contributed by atoms with Gasteiger partial charge in [-0.3, -0.25) is 9.78 Å². The van der Waals surface area contributed by atoms with Crippen LogP contribution < -0.4 is 4.89 Å². The predicted octanol–water partition coefficient (Wildman–Crippen LogP) is 1.70. The summed E-state index contributed by atoms with van der Waals surface area (Å²) in [6.07, 6.45) is 1.59. The number of halogens is 1. The Morgan fingerprint density at radius 2 is 2.42 bits per heavy atom. The zero-order valence-corrected chi connectivity index (χ0v) is 7.87. The zero-order valence-electron chi connectivity index (χ0n) is 6.28. The van der Waals surface area contributed by atoms with Gasteiger partial charge < -0.3 is 0 Å². The molecular formula is C7H6BrNO3. The molecule has 0 saturated heterocycles. The van der Waals surface area contributed by atoms with Gasteiger partial charge in [-0.15, -0.1) is 0 Å². The molecule has 1 aromatic rings. The minimum atomic E-state index is -0.509. The van der Waals surface area contributed by atoms with Crippen molar-refractivity contribution in [2.75, 3.05) is 0 Å². The number of carbonyl (C=O) groups is 1. The molecule has 0 aliphatic heterocycles. The van der Waals surface area contributed by atoms with Gasteiger partial charge in [0.1, 0.15) is 0 Å². The van der Waals surface area contributed by atoms with Crippen LogP contribution in [-0.2, 0) is 9.68 Å². The minimum Gasteiger partial charge on any atom is -0.284 e. The highest BCUT2D eigenvalue weighted by atomic mass is 79.9. The summed E-state index contributed by atoms with van der Waals surface area (Å²) < 4.78 is 0.492. The first-order valence-electron chi connectivity index (χ1n) is 3.16. The van der Waals surface area contributed by atoms with Gasteiger partial charge in [0.15, 0.2) is 4.60 Å². The fraction of sp³-hybridized carbons (Fsp3) is 0.143. The van der Waals surface area contributed by atoms with Crippen molar-refractivity contribution in [1.82, 2.24) is 4.98 Å². The van der Waals surface area contributed by atoms with Crippen molar-refractivity contribution in [3.63, 3.8) is 0 Å². The van der Waals surface area contributed by atoms with E-state index in [9.17, 15) is 4.79 Å². The van der Waals surface area contributed by atoms with Crippen molar-refractivity contribution in [3.05, 3.63) is 22.9 Å². The fourth-order valence-corrected chi connectivity index (χ4v) is 0.853. The van der Waals surface area contributed by atoms with Crippen molar-refractivity contribution in [2.24, 2.45) is 0 Å². The summed E-state index contributed by atoms with van der Waals surface area (Å²) in [6.45, 7) is 1.25. The molecule has 0 saturated carbocycles. The third-order valence-corrected chi connectivity index (χ3v) is 1.57.